The zero-order valence-corrected chi connectivity index (χ0v) is 29.0. The summed E-state index contributed by atoms with van der Waals surface area (Å²) >= 11 is 0. The van der Waals surface area contributed by atoms with Crippen LogP contribution in [-0.4, -0.2) is 17.7 Å². The van der Waals surface area contributed by atoms with E-state index >= 15 is 0 Å². The van der Waals surface area contributed by atoms with Crippen molar-refractivity contribution in [1.82, 2.24) is 0 Å². The molecule has 0 fully saturated rings. The highest BCUT2D eigenvalue weighted by molar-refractivity contribution is 5.73. The Kier molecular flexibility index (Phi) is 16.8. The lowest BCUT2D eigenvalue weighted by molar-refractivity contribution is -0.134. The van der Waals surface area contributed by atoms with Crippen molar-refractivity contribution in [1.29, 1.82) is 0 Å². The summed E-state index contributed by atoms with van der Waals surface area (Å²) in [6.45, 7) is 20.0. The maximum absolute atomic E-state index is 12.8. The second-order valence-electron chi connectivity index (χ2n) is 15.1. The first-order chi connectivity index (χ1) is 19.5. The van der Waals surface area contributed by atoms with Crippen LogP contribution in [0.5, 0.6) is 11.5 Å². The smallest absolute Gasteiger partial charge is 0.428 e. The summed E-state index contributed by atoms with van der Waals surface area (Å²) in [5, 5.41) is 0. The van der Waals surface area contributed by atoms with Gasteiger partial charge >= 0.3 is 12.1 Å². The van der Waals surface area contributed by atoms with Gasteiger partial charge in [0.15, 0.2) is 0 Å². The largest absolute Gasteiger partial charge is 0.514 e. The van der Waals surface area contributed by atoms with Crippen LogP contribution in [0.1, 0.15) is 183 Å². The fourth-order valence-electron chi connectivity index (χ4n) is 5.06. The van der Waals surface area contributed by atoms with Gasteiger partial charge in [0.25, 0.3) is 0 Å². The minimum atomic E-state index is -0.739. The van der Waals surface area contributed by atoms with Gasteiger partial charge in [-0.15, -0.1) is 0 Å². The average molecular weight is 589 g/mol. The third-order valence-electron chi connectivity index (χ3n) is 7.47. The van der Waals surface area contributed by atoms with Gasteiger partial charge in [0.1, 0.15) is 17.1 Å². The van der Waals surface area contributed by atoms with Crippen LogP contribution < -0.4 is 9.47 Å². The number of benzene rings is 1. The highest BCUT2D eigenvalue weighted by Crippen LogP contribution is 2.43. The zero-order chi connectivity index (χ0) is 31.8. The van der Waals surface area contributed by atoms with Gasteiger partial charge < -0.3 is 14.2 Å². The predicted molar refractivity (Wildman–Crippen MR) is 176 cm³/mol. The molecule has 0 radical (unpaired) electrons. The molecule has 1 rings (SSSR count). The van der Waals surface area contributed by atoms with Crippen molar-refractivity contribution >= 4 is 12.1 Å². The van der Waals surface area contributed by atoms with Crippen LogP contribution >= 0.6 is 0 Å². The van der Waals surface area contributed by atoms with Gasteiger partial charge in [-0.05, 0) is 50.2 Å². The van der Waals surface area contributed by atoms with Crippen molar-refractivity contribution in [2.75, 3.05) is 0 Å². The standard InChI is InChI=1S/C37H64O5/c1-11-12-13-14-15-16-17-18-19-20-21-22-23-24-25-26-32(38)40-29-27-30(35(2,3)4)33(31(28-29)36(5,6)7)41-34(39)42-37(8,9)10/h27-28H,11-26H2,1-10H3. The molecule has 5 nitrogen and oxygen atoms in total. The molecule has 0 bridgehead atoms. The Labute approximate surface area is 258 Å². The normalized spacial score (nSPS) is 12.3. The molecule has 0 saturated carbocycles. The van der Waals surface area contributed by atoms with E-state index in [0.717, 1.165) is 24.0 Å². The summed E-state index contributed by atoms with van der Waals surface area (Å²) in [5.74, 6) is 0.754. The molecule has 1 aromatic carbocycles. The highest BCUT2D eigenvalue weighted by Gasteiger charge is 2.31. The molecule has 0 saturated heterocycles. The lowest BCUT2D eigenvalue weighted by Crippen LogP contribution is -2.28. The van der Waals surface area contributed by atoms with Crippen LogP contribution in [0.3, 0.4) is 0 Å². The molecule has 0 atom stereocenters. The zero-order valence-electron chi connectivity index (χ0n) is 29.0. The summed E-state index contributed by atoms with van der Waals surface area (Å²) in [7, 11) is 0. The lowest BCUT2D eigenvalue weighted by Gasteiger charge is -2.30. The number of esters is 1. The number of unbranched alkanes of at least 4 members (excludes halogenated alkanes) is 14. The molecule has 5 heteroatoms. The van der Waals surface area contributed by atoms with Crippen molar-refractivity contribution in [3.8, 4) is 11.5 Å². The number of ether oxygens (including phenoxy) is 3. The van der Waals surface area contributed by atoms with Crippen LogP contribution in [0, 0.1) is 0 Å². The van der Waals surface area contributed by atoms with Crippen molar-refractivity contribution < 1.29 is 23.8 Å². The summed E-state index contributed by atoms with van der Waals surface area (Å²) < 4.78 is 17.1. The van der Waals surface area contributed by atoms with Gasteiger partial charge in [0.05, 0.1) is 0 Å². The quantitative estimate of drug-likeness (QED) is 0.0738. The van der Waals surface area contributed by atoms with Gasteiger partial charge in [-0.25, -0.2) is 4.79 Å². The van der Waals surface area contributed by atoms with E-state index in [0.29, 0.717) is 17.9 Å². The van der Waals surface area contributed by atoms with E-state index in [-0.39, 0.29) is 16.8 Å². The molecule has 0 aliphatic heterocycles. The SMILES string of the molecule is CCCCCCCCCCCCCCCCCC(=O)Oc1cc(C(C)(C)C)c(OC(=O)OC(C)(C)C)c(C(C)(C)C)c1. The fraction of sp³-hybridized carbons (Fsp3) is 0.784. The van der Waals surface area contributed by atoms with Crippen LogP contribution in [0.15, 0.2) is 12.1 Å². The Balaban J connectivity index is 2.57. The predicted octanol–water partition coefficient (Wildman–Crippen LogP) is 11.8. The molecule has 0 heterocycles. The molecule has 0 aliphatic rings. The molecule has 0 spiro atoms. The van der Waals surface area contributed by atoms with Gasteiger partial charge in [-0.1, -0.05) is 138 Å². The van der Waals surface area contributed by atoms with Crippen molar-refractivity contribution in [3.63, 3.8) is 0 Å². The molecule has 242 valence electrons. The Bertz CT molecular complexity index is 892. The van der Waals surface area contributed by atoms with E-state index in [1.807, 2.05) is 32.9 Å². The van der Waals surface area contributed by atoms with Crippen LogP contribution in [0.25, 0.3) is 0 Å². The molecular formula is C37H64O5. The molecule has 0 unspecified atom stereocenters. The molecule has 0 aromatic heterocycles. The van der Waals surface area contributed by atoms with Crippen molar-refractivity contribution in [3.05, 3.63) is 23.3 Å². The number of carbonyl (C=O) groups is 2. The summed E-state index contributed by atoms with van der Waals surface area (Å²) in [4.78, 5) is 25.4. The molecule has 0 amide bonds. The van der Waals surface area contributed by atoms with Gasteiger partial charge in [-0.3, -0.25) is 4.79 Å². The van der Waals surface area contributed by atoms with E-state index in [4.69, 9.17) is 14.2 Å². The first-order valence-electron chi connectivity index (χ1n) is 16.8. The molecular weight excluding hydrogens is 524 g/mol. The Morgan fingerprint density at radius 1 is 0.571 bits per heavy atom. The topological polar surface area (TPSA) is 61.8 Å². The average Bonchev–Trinajstić information content (AvgIpc) is 2.84. The summed E-state index contributed by atoms with van der Waals surface area (Å²) in [6, 6.07) is 3.67. The third-order valence-corrected chi connectivity index (χ3v) is 7.47. The number of carbonyl (C=O) groups excluding carboxylic acids is 2. The molecule has 1 aromatic rings. The second-order valence-corrected chi connectivity index (χ2v) is 15.1. The Morgan fingerprint density at radius 2 is 0.952 bits per heavy atom. The first-order valence-corrected chi connectivity index (χ1v) is 16.8. The second kappa shape index (κ2) is 18.6. The number of hydrogen-bond donors (Lipinski definition) is 0. The molecule has 0 aliphatic carbocycles. The summed E-state index contributed by atoms with van der Waals surface area (Å²) in [6.07, 6.45) is 19.1. The van der Waals surface area contributed by atoms with Gasteiger partial charge in [0, 0.05) is 17.5 Å². The maximum Gasteiger partial charge on any atom is 0.514 e. The van der Waals surface area contributed by atoms with Crippen LogP contribution in [-0.2, 0) is 20.4 Å². The number of hydrogen-bond acceptors (Lipinski definition) is 5. The minimum Gasteiger partial charge on any atom is -0.428 e. The van der Waals surface area contributed by atoms with Crippen LogP contribution in [0.2, 0.25) is 0 Å². The Hall–Kier alpha value is -2.04. The molecule has 42 heavy (non-hydrogen) atoms. The highest BCUT2D eigenvalue weighted by atomic mass is 16.7. The summed E-state index contributed by atoms with van der Waals surface area (Å²) in [5.41, 5.74) is 0.233. The molecule has 0 N–H and O–H groups in total. The monoisotopic (exact) mass is 588 g/mol. The maximum atomic E-state index is 12.8. The van der Waals surface area contributed by atoms with Crippen molar-refractivity contribution in [2.45, 2.75) is 188 Å². The third kappa shape index (κ3) is 16.6. The van der Waals surface area contributed by atoms with E-state index < -0.39 is 11.8 Å². The number of rotatable bonds is 18. The van der Waals surface area contributed by atoms with E-state index in [1.54, 1.807) is 0 Å². The first kappa shape index (κ1) is 38.0. The fourth-order valence-corrected chi connectivity index (χ4v) is 5.06. The van der Waals surface area contributed by atoms with E-state index in [9.17, 15) is 9.59 Å². The van der Waals surface area contributed by atoms with Gasteiger partial charge in [-0.2, -0.15) is 0 Å². The lowest BCUT2D eigenvalue weighted by atomic mass is 9.79. The van der Waals surface area contributed by atoms with E-state index in [2.05, 4.69) is 48.5 Å². The van der Waals surface area contributed by atoms with Crippen LogP contribution in [0.4, 0.5) is 4.79 Å². The Morgan fingerprint density at radius 3 is 1.31 bits per heavy atom. The van der Waals surface area contributed by atoms with Gasteiger partial charge in [0.2, 0.25) is 0 Å². The minimum absolute atomic E-state index is 0.217. The van der Waals surface area contributed by atoms with Crippen molar-refractivity contribution in [2.24, 2.45) is 0 Å². The van der Waals surface area contributed by atoms with E-state index in [1.165, 1.54) is 83.5 Å².